The minimum Gasteiger partial charge on any atom is -0.469 e. The molecular weight excluding hydrogens is 252 g/mol. The lowest BCUT2D eigenvalue weighted by Gasteiger charge is -2.17. The predicted octanol–water partition coefficient (Wildman–Crippen LogP) is 1.49. The van der Waals surface area contributed by atoms with E-state index in [1.165, 1.54) is 6.92 Å². The molecule has 1 amide bonds. The van der Waals surface area contributed by atoms with Crippen LogP contribution in [-0.2, 0) is 19.0 Å². The number of esters is 1. The number of nitrogens with zero attached hydrogens (tertiary/aromatic N) is 1. The van der Waals surface area contributed by atoms with Crippen LogP contribution in [0.3, 0.4) is 0 Å². The number of carbonyl (C=O) groups is 2. The Balaban J connectivity index is 4.62. The second-order valence-corrected chi connectivity index (χ2v) is 3.37. The standard InChI is InChI=1S/C10H15F2NO5/c1-6(5-18-9(11)12)7(8(14)16-2)4-13-10(15)17-3/h4,6-7,9H,5H2,1-3H3. The van der Waals surface area contributed by atoms with Crippen LogP contribution in [0.15, 0.2) is 4.99 Å². The van der Waals surface area contributed by atoms with Gasteiger partial charge >= 0.3 is 18.7 Å². The summed E-state index contributed by atoms with van der Waals surface area (Å²) in [4.78, 5) is 25.5. The van der Waals surface area contributed by atoms with Crippen LogP contribution in [0, 0.1) is 11.8 Å². The average molecular weight is 267 g/mol. The number of aliphatic imine (C=N–C) groups is 1. The van der Waals surface area contributed by atoms with Gasteiger partial charge in [-0.3, -0.25) is 4.79 Å². The lowest BCUT2D eigenvalue weighted by molar-refractivity contribution is -0.153. The van der Waals surface area contributed by atoms with Crippen molar-refractivity contribution >= 4 is 18.3 Å². The molecule has 0 fully saturated rings. The van der Waals surface area contributed by atoms with E-state index in [4.69, 9.17) is 0 Å². The van der Waals surface area contributed by atoms with E-state index in [0.29, 0.717) is 0 Å². The fourth-order valence-electron chi connectivity index (χ4n) is 1.10. The molecule has 0 heterocycles. The number of alkyl halides is 2. The number of ether oxygens (including phenoxy) is 3. The van der Waals surface area contributed by atoms with Gasteiger partial charge in [-0.25, -0.2) is 4.79 Å². The van der Waals surface area contributed by atoms with Crippen molar-refractivity contribution in [1.29, 1.82) is 0 Å². The molecule has 104 valence electrons. The van der Waals surface area contributed by atoms with E-state index in [0.717, 1.165) is 20.4 Å². The first kappa shape index (κ1) is 16.4. The SMILES string of the molecule is COC(=O)N=CC(C(=O)OC)C(C)COC(F)F. The van der Waals surface area contributed by atoms with Gasteiger partial charge < -0.3 is 14.2 Å². The van der Waals surface area contributed by atoms with Crippen LogP contribution in [0.1, 0.15) is 6.92 Å². The summed E-state index contributed by atoms with van der Waals surface area (Å²) in [5.74, 6) is -2.29. The van der Waals surface area contributed by atoms with Gasteiger partial charge in [0.2, 0.25) is 0 Å². The molecule has 0 N–H and O–H groups in total. The highest BCUT2D eigenvalue weighted by molar-refractivity contribution is 5.93. The lowest BCUT2D eigenvalue weighted by atomic mass is 9.96. The molecule has 18 heavy (non-hydrogen) atoms. The van der Waals surface area contributed by atoms with Crippen LogP contribution in [0.2, 0.25) is 0 Å². The summed E-state index contributed by atoms with van der Waals surface area (Å²) < 4.78 is 36.6. The molecule has 2 unspecified atom stereocenters. The van der Waals surface area contributed by atoms with Gasteiger partial charge in [0.15, 0.2) is 0 Å². The number of carbonyl (C=O) groups excluding carboxylic acids is 2. The Morgan fingerprint density at radius 3 is 2.33 bits per heavy atom. The largest absolute Gasteiger partial charge is 0.469 e. The molecule has 2 atom stereocenters. The quantitative estimate of drug-likeness (QED) is 0.538. The molecule has 0 radical (unpaired) electrons. The van der Waals surface area contributed by atoms with Crippen molar-refractivity contribution in [3.8, 4) is 0 Å². The van der Waals surface area contributed by atoms with Gasteiger partial charge in [0.1, 0.15) is 0 Å². The Bertz CT molecular complexity index is 309. The summed E-state index contributed by atoms with van der Waals surface area (Å²) in [6.45, 7) is -1.80. The topological polar surface area (TPSA) is 74.2 Å². The second kappa shape index (κ2) is 8.51. The van der Waals surface area contributed by atoms with Gasteiger partial charge in [0.05, 0.1) is 26.7 Å². The van der Waals surface area contributed by atoms with Gasteiger partial charge in [-0.05, 0) is 5.92 Å². The van der Waals surface area contributed by atoms with E-state index in [1.807, 2.05) is 0 Å². The van der Waals surface area contributed by atoms with Gasteiger partial charge in [0.25, 0.3) is 0 Å². The molecule has 0 aromatic carbocycles. The summed E-state index contributed by atoms with van der Waals surface area (Å²) in [7, 11) is 2.26. The number of methoxy groups -OCH3 is 2. The van der Waals surface area contributed by atoms with Crippen molar-refractivity contribution in [3.63, 3.8) is 0 Å². The summed E-state index contributed by atoms with van der Waals surface area (Å²) in [5.41, 5.74) is 0. The van der Waals surface area contributed by atoms with Crippen LogP contribution in [0.25, 0.3) is 0 Å². The van der Waals surface area contributed by atoms with Crippen LogP contribution in [-0.4, -0.2) is 45.7 Å². The highest BCUT2D eigenvalue weighted by Gasteiger charge is 2.25. The Labute approximate surface area is 103 Å². The number of halogens is 2. The van der Waals surface area contributed by atoms with E-state index >= 15 is 0 Å². The van der Waals surface area contributed by atoms with Crippen molar-refractivity contribution in [2.75, 3.05) is 20.8 Å². The molecule has 0 saturated heterocycles. The first-order chi connectivity index (χ1) is 8.42. The van der Waals surface area contributed by atoms with E-state index in [9.17, 15) is 18.4 Å². The number of amides is 1. The van der Waals surface area contributed by atoms with Crippen LogP contribution >= 0.6 is 0 Å². The Morgan fingerprint density at radius 2 is 1.89 bits per heavy atom. The van der Waals surface area contributed by atoms with E-state index < -0.39 is 30.5 Å². The Morgan fingerprint density at radius 1 is 1.28 bits per heavy atom. The average Bonchev–Trinajstić information content (AvgIpc) is 2.35. The van der Waals surface area contributed by atoms with Crippen molar-refractivity contribution in [1.82, 2.24) is 0 Å². The molecule has 0 saturated carbocycles. The van der Waals surface area contributed by atoms with Crippen molar-refractivity contribution in [2.24, 2.45) is 16.8 Å². The Hall–Kier alpha value is -1.57. The lowest BCUT2D eigenvalue weighted by Crippen LogP contribution is -2.28. The van der Waals surface area contributed by atoms with E-state index in [1.54, 1.807) is 0 Å². The van der Waals surface area contributed by atoms with Gasteiger partial charge in [-0.2, -0.15) is 13.8 Å². The Kier molecular flexibility index (Phi) is 7.77. The first-order valence-electron chi connectivity index (χ1n) is 5.02. The van der Waals surface area contributed by atoms with Crippen LogP contribution in [0.4, 0.5) is 13.6 Å². The molecule has 0 aliphatic carbocycles. The third-order valence-electron chi connectivity index (χ3n) is 2.09. The number of hydrogen-bond donors (Lipinski definition) is 0. The van der Waals surface area contributed by atoms with E-state index in [2.05, 4.69) is 19.2 Å². The fourth-order valence-corrected chi connectivity index (χ4v) is 1.10. The molecule has 0 aliphatic heterocycles. The van der Waals surface area contributed by atoms with Gasteiger partial charge in [-0.1, -0.05) is 6.92 Å². The molecule has 8 heteroatoms. The maximum Gasteiger partial charge on any atom is 0.432 e. The molecule has 0 aromatic rings. The number of hydrogen-bond acceptors (Lipinski definition) is 5. The van der Waals surface area contributed by atoms with Crippen molar-refractivity contribution in [3.05, 3.63) is 0 Å². The van der Waals surface area contributed by atoms with Gasteiger partial charge in [0, 0.05) is 6.21 Å². The molecule has 0 spiro atoms. The fraction of sp³-hybridized carbons (Fsp3) is 0.700. The minimum absolute atomic E-state index is 0.370. The third-order valence-corrected chi connectivity index (χ3v) is 2.09. The third kappa shape index (κ3) is 6.24. The second-order valence-electron chi connectivity index (χ2n) is 3.37. The zero-order valence-corrected chi connectivity index (χ0v) is 10.3. The molecule has 0 aliphatic rings. The molecule has 0 bridgehead atoms. The monoisotopic (exact) mass is 267 g/mol. The zero-order valence-electron chi connectivity index (χ0n) is 10.3. The van der Waals surface area contributed by atoms with Crippen LogP contribution in [0.5, 0.6) is 0 Å². The maximum atomic E-state index is 11.9. The van der Waals surface area contributed by atoms with Crippen molar-refractivity contribution < 1.29 is 32.6 Å². The normalized spacial score (nSPS) is 14.6. The summed E-state index contributed by atoms with van der Waals surface area (Å²) in [6.07, 6.45) is 0.0999. The van der Waals surface area contributed by atoms with Gasteiger partial charge in [-0.15, -0.1) is 0 Å². The minimum atomic E-state index is -2.93. The first-order valence-corrected chi connectivity index (χ1v) is 5.02. The smallest absolute Gasteiger partial charge is 0.432 e. The summed E-state index contributed by atoms with van der Waals surface area (Å²) in [5, 5.41) is 0. The highest BCUT2D eigenvalue weighted by Crippen LogP contribution is 2.13. The highest BCUT2D eigenvalue weighted by atomic mass is 19.3. The number of rotatable bonds is 6. The molecule has 6 nitrogen and oxygen atoms in total. The molecule has 0 rings (SSSR count). The van der Waals surface area contributed by atoms with Crippen LogP contribution < -0.4 is 0 Å². The molecular formula is C10H15F2NO5. The van der Waals surface area contributed by atoms with Crippen molar-refractivity contribution in [2.45, 2.75) is 13.5 Å². The predicted molar refractivity (Wildman–Crippen MR) is 57.5 cm³/mol. The summed E-state index contributed by atoms with van der Waals surface area (Å²) >= 11 is 0. The van der Waals surface area contributed by atoms with E-state index in [-0.39, 0.29) is 6.61 Å². The maximum absolute atomic E-state index is 11.9. The summed E-state index contributed by atoms with van der Waals surface area (Å²) in [6, 6.07) is 0. The molecule has 0 aromatic heterocycles. The zero-order chi connectivity index (χ0) is 14.1.